The summed E-state index contributed by atoms with van der Waals surface area (Å²) >= 11 is 1.64. The maximum Gasteiger partial charge on any atom is 0.123 e. The largest absolute Gasteiger partial charge is 0.396 e. The van der Waals surface area contributed by atoms with Gasteiger partial charge in [-0.05, 0) is 13.8 Å². The summed E-state index contributed by atoms with van der Waals surface area (Å²) in [4.78, 5) is 6.94. The average Bonchev–Trinajstić information content (AvgIpc) is 2.78. The van der Waals surface area contributed by atoms with Gasteiger partial charge in [0.15, 0.2) is 0 Å². The molecule has 0 amide bonds. The van der Waals surface area contributed by atoms with Crippen LogP contribution in [0.4, 0.5) is 0 Å². The fourth-order valence-electron chi connectivity index (χ4n) is 1.99. The summed E-state index contributed by atoms with van der Waals surface area (Å²) in [5, 5.41) is 11.9. The van der Waals surface area contributed by atoms with Crippen molar-refractivity contribution in [3.05, 3.63) is 16.1 Å². The van der Waals surface area contributed by atoms with Gasteiger partial charge in [-0.25, -0.2) is 4.98 Å². The maximum atomic E-state index is 8.88. The first kappa shape index (κ1) is 13.0. The fourth-order valence-corrected chi connectivity index (χ4v) is 2.88. The molecular weight excluding hydrogens is 236 g/mol. The van der Waals surface area contributed by atoms with E-state index in [4.69, 9.17) is 9.84 Å². The first-order chi connectivity index (χ1) is 8.20. The Labute approximate surface area is 106 Å². The molecule has 0 spiro atoms. The molecule has 0 aliphatic carbocycles. The van der Waals surface area contributed by atoms with Gasteiger partial charge < -0.3 is 9.84 Å². The standard InChI is InChI=1S/C12H20N2O2S/c1-9(2)14-4-6-16-11(7-14)12-13-10(3-5-15)8-17-12/h8-9,11,15H,3-7H2,1-2H3. The highest BCUT2D eigenvalue weighted by Gasteiger charge is 2.25. The van der Waals surface area contributed by atoms with E-state index in [1.54, 1.807) is 11.3 Å². The van der Waals surface area contributed by atoms with E-state index in [1.165, 1.54) is 0 Å². The summed E-state index contributed by atoms with van der Waals surface area (Å²) in [5.74, 6) is 0. The van der Waals surface area contributed by atoms with E-state index in [9.17, 15) is 0 Å². The molecule has 0 saturated carbocycles. The topological polar surface area (TPSA) is 45.6 Å². The van der Waals surface area contributed by atoms with Crippen molar-refractivity contribution in [1.82, 2.24) is 9.88 Å². The van der Waals surface area contributed by atoms with Crippen molar-refractivity contribution >= 4 is 11.3 Å². The Morgan fingerprint density at radius 2 is 2.47 bits per heavy atom. The Morgan fingerprint density at radius 1 is 1.65 bits per heavy atom. The Kier molecular flexibility index (Phi) is 4.50. The van der Waals surface area contributed by atoms with Crippen molar-refractivity contribution in [1.29, 1.82) is 0 Å². The summed E-state index contributed by atoms with van der Waals surface area (Å²) in [6.07, 6.45) is 0.737. The smallest absolute Gasteiger partial charge is 0.123 e. The minimum absolute atomic E-state index is 0.101. The Bertz CT molecular complexity index is 354. The zero-order valence-electron chi connectivity index (χ0n) is 10.4. The molecule has 1 atom stereocenters. The van der Waals surface area contributed by atoms with Crippen LogP contribution >= 0.6 is 11.3 Å². The molecule has 1 aromatic rings. The van der Waals surface area contributed by atoms with Crippen molar-refractivity contribution in [2.75, 3.05) is 26.3 Å². The number of aliphatic hydroxyl groups is 1. The molecule has 0 bridgehead atoms. The number of morpholine rings is 1. The molecule has 1 fully saturated rings. The van der Waals surface area contributed by atoms with Crippen LogP contribution in [-0.2, 0) is 11.2 Å². The molecule has 1 aliphatic heterocycles. The lowest BCUT2D eigenvalue weighted by atomic mass is 10.2. The zero-order valence-corrected chi connectivity index (χ0v) is 11.2. The van der Waals surface area contributed by atoms with Gasteiger partial charge in [-0.3, -0.25) is 4.90 Å². The van der Waals surface area contributed by atoms with E-state index in [1.807, 2.05) is 5.38 Å². The number of nitrogens with zero attached hydrogens (tertiary/aromatic N) is 2. The Morgan fingerprint density at radius 3 is 3.18 bits per heavy atom. The molecule has 1 aliphatic rings. The third-order valence-electron chi connectivity index (χ3n) is 3.04. The second kappa shape index (κ2) is 5.91. The van der Waals surface area contributed by atoms with E-state index >= 15 is 0 Å². The average molecular weight is 256 g/mol. The number of aliphatic hydroxyl groups excluding tert-OH is 1. The maximum absolute atomic E-state index is 8.88. The van der Waals surface area contributed by atoms with Gasteiger partial charge in [0, 0.05) is 37.5 Å². The summed E-state index contributed by atoms with van der Waals surface area (Å²) in [5.41, 5.74) is 0.970. The summed E-state index contributed by atoms with van der Waals surface area (Å²) in [6.45, 7) is 7.28. The van der Waals surface area contributed by atoms with Crippen molar-refractivity contribution in [3.8, 4) is 0 Å². The predicted molar refractivity (Wildman–Crippen MR) is 68.3 cm³/mol. The van der Waals surface area contributed by atoms with Gasteiger partial charge in [-0.1, -0.05) is 0 Å². The number of rotatable bonds is 4. The van der Waals surface area contributed by atoms with Gasteiger partial charge in [-0.2, -0.15) is 0 Å². The van der Waals surface area contributed by atoms with Crippen molar-refractivity contribution < 1.29 is 9.84 Å². The molecule has 2 rings (SSSR count). The Hall–Kier alpha value is -0.490. The number of hydrogen-bond acceptors (Lipinski definition) is 5. The first-order valence-electron chi connectivity index (χ1n) is 6.11. The molecule has 1 aromatic heterocycles. The molecule has 0 radical (unpaired) electrons. The van der Waals surface area contributed by atoms with Gasteiger partial charge >= 0.3 is 0 Å². The Balaban J connectivity index is 2.00. The quantitative estimate of drug-likeness (QED) is 0.886. The molecule has 1 saturated heterocycles. The third-order valence-corrected chi connectivity index (χ3v) is 4.03. The predicted octanol–water partition coefficient (Wildman–Crippen LogP) is 1.46. The van der Waals surface area contributed by atoms with E-state index in [-0.39, 0.29) is 12.7 Å². The van der Waals surface area contributed by atoms with Gasteiger partial charge in [0.2, 0.25) is 0 Å². The van der Waals surface area contributed by atoms with Crippen LogP contribution in [0.3, 0.4) is 0 Å². The monoisotopic (exact) mass is 256 g/mol. The molecule has 1 unspecified atom stereocenters. The number of hydrogen-bond donors (Lipinski definition) is 1. The second-order valence-corrected chi connectivity index (χ2v) is 5.49. The fraction of sp³-hybridized carbons (Fsp3) is 0.750. The zero-order chi connectivity index (χ0) is 12.3. The van der Waals surface area contributed by atoms with Crippen LogP contribution in [0.1, 0.15) is 30.7 Å². The van der Waals surface area contributed by atoms with Gasteiger partial charge in [0.05, 0.1) is 12.3 Å². The van der Waals surface area contributed by atoms with Crippen LogP contribution in [-0.4, -0.2) is 47.3 Å². The van der Waals surface area contributed by atoms with Crippen LogP contribution in [0.2, 0.25) is 0 Å². The second-order valence-electron chi connectivity index (χ2n) is 4.60. The normalized spacial score (nSPS) is 22.2. The molecule has 1 N–H and O–H groups in total. The third kappa shape index (κ3) is 3.25. The van der Waals surface area contributed by atoms with E-state index in [0.717, 1.165) is 30.4 Å². The highest BCUT2D eigenvalue weighted by atomic mass is 32.1. The molecular formula is C12H20N2O2S. The lowest BCUT2D eigenvalue weighted by Crippen LogP contribution is -2.42. The highest BCUT2D eigenvalue weighted by Crippen LogP contribution is 2.26. The van der Waals surface area contributed by atoms with E-state index in [2.05, 4.69) is 23.7 Å². The van der Waals surface area contributed by atoms with E-state index < -0.39 is 0 Å². The lowest BCUT2D eigenvalue weighted by molar-refractivity contribution is -0.0403. The highest BCUT2D eigenvalue weighted by molar-refractivity contribution is 7.09. The van der Waals surface area contributed by atoms with Crippen LogP contribution < -0.4 is 0 Å². The van der Waals surface area contributed by atoms with Crippen LogP contribution in [0, 0.1) is 0 Å². The van der Waals surface area contributed by atoms with Gasteiger partial charge in [0.1, 0.15) is 11.1 Å². The number of aromatic nitrogens is 1. The van der Waals surface area contributed by atoms with Gasteiger partial charge in [0.25, 0.3) is 0 Å². The van der Waals surface area contributed by atoms with Crippen LogP contribution in [0.5, 0.6) is 0 Å². The van der Waals surface area contributed by atoms with Gasteiger partial charge in [-0.15, -0.1) is 11.3 Å². The molecule has 4 nitrogen and oxygen atoms in total. The number of ether oxygens (including phenoxy) is 1. The van der Waals surface area contributed by atoms with E-state index in [0.29, 0.717) is 12.5 Å². The van der Waals surface area contributed by atoms with Crippen molar-refractivity contribution in [2.24, 2.45) is 0 Å². The molecule has 0 aromatic carbocycles. The number of thiazole rings is 1. The van der Waals surface area contributed by atoms with Crippen LogP contribution in [0.25, 0.3) is 0 Å². The summed E-state index contributed by atoms with van der Waals surface area (Å²) in [6, 6.07) is 0.554. The lowest BCUT2D eigenvalue weighted by Gasteiger charge is -2.34. The van der Waals surface area contributed by atoms with Crippen molar-refractivity contribution in [2.45, 2.75) is 32.4 Å². The van der Waals surface area contributed by atoms with Crippen LogP contribution in [0.15, 0.2) is 5.38 Å². The summed E-state index contributed by atoms with van der Waals surface area (Å²) < 4.78 is 5.78. The first-order valence-corrected chi connectivity index (χ1v) is 6.99. The van der Waals surface area contributed by atoms with Crippen molar-refractivity contribution in [3.63, 3.8) is 0 Å². The molecule has 17 heavy (non-hydrogen) atoms. The minimum Gasteiger partial charge on any atom is -0.396 e. The minimum atomic E-state index is 0.101. The molecule has 96 valence electrons. The SMILES string of the molecule is CC(C)N1CCOC(c2nc(CCO)cs2)C1. The summed E-state index contributed by atoms with van der Waals surface area (Å²) in [7, 11) is 0. The molecule has 2 heterocycles. The molecule has 5 heteroatoms.